The summed E-state index contributed by atoms with van der Waals surface area (Å²) in [6.07, 6.45) is 5.14. The number of hydrogen-bond acceptors (Lipinski definition) is 2. The van der Waals surface area contributed by atoms with Crippen molar-refractivity contribution in [3.8, 4) is 11.8 Å². The summed E-state index contributed by atoms with van der Waals surface area (Å²) in [7, 11) is 0. The number of unbranched alkanes of at least 4 members (excludes halogenated alkanes) is 1. The molecule has 0 saturated carbocycles. The molecule has 158 valence electrons. The van der Waals surface area contributed by atoms with E-state index in [4.69, 9.17) is 0 Å². The second-order valence-corrected chi connectivity index (χ2v) is 7.87. The molecule has 0 saturated heterocycles. The van der Waals surface area contributed by atoms with Crippen molar-refractivity contribution in [3.63, 3.8) is 0 Å². The van der Waals surface area contributed by atoms with Gasteiger partial charge in [-0.1, -0.05) is 43.7 Å². The Kier molecular flexibility index (Phi) is 7.10. The maximum Gasteiger partial charge on any atom is 0.266 e. The molecule has 1 N–H and O–H groups in total. The second kappa shape index (κ2) is 9.95. The summed E-state index contributed by atoms with van der Waals surface area (Å²) in [6.45, 7) is 8.17. The lowest BCUT2D eigenvalue weighted by Gasteiger charge is -2.11. The fourth-order valence-corrected chi connectivity index (χ4v) is 3.73. The Morgan fingerprint density at radius 1 is 1.10 bits per heavy atom. The maximum atomic E-state index is 12.7. The van der Waals surface area contributed by atoms with Crippen LogP contribution in [0.5, 0.6) is 0 Å². The molecule has 0 fully saturated rings. The van der Waals surface area contributed by atoms with Gasteiger partial charge in [0.15, 0.2) is 0 Å². The van der Waals surface area contributed by atoms with E-state index >= 15 is 0 Å². The van der Waals surface area contributed by atoms with Gasteiger partial charge in [-0.15, -0.1) is 0 Å². The number of carbonyl (C=O) groups is 1. The summed E-state index contributed by atoms with van der Waals surface area (Å²) in [5, 5.41) is 12.4. The molecule has 1 amide bonds. The summed E-state index contributed by atoms with van der Waals surface area (Å²) in [6, 6.07) is 20.2. The molecule has 3 aromatic rings. The Morgan fingerprint density at radius 3 is 2.45 bits per heavy atom. The number of benzene rings is 2. The summed E-state index contributed by atoms with van der Waals surface area (Å²) in [5.74, 6) is -0.401. The summed E-state index contributed by atoms with van der Waals surface area (Å²) >= 11 is 0. The monoisotopic (exact) mass is 411 g/mol. The zero-order chi connectivity index (χ0) is 22.4. The van der Waals surface area contributed by atoms with E-state index in [2.05, 4.69) is 47.1 Å². The molecule has 0 atom stereocenters. The lowest BCUT2D eigenvalue weighted by atomic mass is 10.1. The number of rotatable bonds is 7. The molecule has 0 aliphatic heterocycles. The highest BCUT2D eigenvalue weighted by atomic mass is 16.1. The molecule has 0 spiro atoms. The third-order valence-corrected chi connectivity index (χ3v) is 5.54. The fourth-order valence-electron chi connectivity index (χ4n) is 3.73. The van der Waals surface area contributed by atoms with Gasteiger partial charge in [-0.25, -0.2) is 0 Å². The molecule has 0 aliphatic rings. The Morgan fingerprint density at radius 2 is 1.81 bits per heavy atom. The van der Waals surface area contributed by atoms with Gasteiger partial charge in [-0.3, -0.25) is 4.79 Å². The first-order chi connectivity index (χ1) is 14.9. The Hall–Kier alpha value is -3.58. The largest absolute Gasteiger partial charge is 0.321 e. The van der Waals surface area contributed by atoms with Crippen molar-refractivity contribution in [3.05, 3.63) is 88.2 Å². The minimum absolute atomic E-state index is 0.0819. The van der Waals surface area contributed by atoms with Crippen LogP contribution in [0.15, 0.2) is 60.2 Å². The molecule has 0 aliphatic carbocycles. The van der Waals surface area contributed by atoms with Gasteiger partial charge in [-0.05, 0) is 80.6 Å². The number of anilines is 1. The highest BCUT2D eigenvalue weighted by Crippen LogP contribution is 2.24. The van der Waals surface area contributed by atoms with Crippen LogP contribution in [0.25, 0.3) is 11.8 Å². The number of para-hydroxylation sites is 1. The number of nitriles is 1. The second-order valence-electron chi connectivity index (χ2n) is 7.87. The molecule has 3 rings (SSSR count). The SMILES string of the molecule is CCCCc1ccc(-n2c(C)cc(/C=C(/C#N)C(=O)Nc3ccccc3C)c2C)cc1. The zero-order valence-corrected chi connectivity index (χ0v) is 18.7. The van der Waals surface area contributed by atoms with Gasteiger partial charge in [0, 0.05) is 22.8 Å². The van der Waals surface area contributed by atoms with Crippen molar-refractivity contribution in [1.29, 1.82) is 5.26 Å². The van der Waals surface area contributed by atoms with Crippen LogP contribution < -0.4 is 5.32 Å². The maximum absolute atomic E-state index is 12.7. The van der Waals surface area contributed by atoms with Crippen molar-refractivity contribution in [2.75, 3.05) is 5.32 Å². The van der Waals surface area contributed by atoms with E-state index in [-0.39, 0.29) is 5.57 Å². The molecule has 1 heterocycles. The number of carbonyl (C=O) groups excluding carboxylic acids is 1. The van der Waals surface area contributed by atoms with Crippen molar-refractivity contribution in [2.45, 2.75) is 47.0 Å². The van der Waals surface area contributed by atoms with Gasteiger partial charge < -0.3 is 9.88 Å². The van der Waals surface area contributed by atoms with Gasteiger partial charge in [-0.2, -0.15) is 5.26 Å². The summed E-state index contributed by atoms with van der Waals surface area (Å²) in [5.41, 5.74) is 7.08. The predicted molar refractivity (Wildman–Crippen MR) is 127 cm³/mol. The first-order valence-corrected chi connectivity index (χ1v) is 10.7. The van der Waals surface area contributed by atoms with Gasteiger partial charge in [0.05, 0.1) is 0 Å². The fraction of sp³-hybridized carbons (Fsp3) is 0.259. The molecule has 4 heteroatoms. The average Bonchev–Trinajstić information content (AvgIpc) is 3.05. The first kappa shape index (κ1) is 22.1. The van der Waals surface area contributed by atoms with E-state index in [1.807, 2.05) is 51.1 Å². The standard InChI is InChI=1S/C27H29N3O/c1-5-6-10-22-12-14-25(15-13-22)30-20(3)16-23(21(30)4)17-24(18-28)27(31)29-26-11-8-7-9-19(26)2/h7-9,11-17H,5-6,10H2,1-4H3,(H,29,31)/b24-17-. The van der Waals surface area contributed by atoms with E-state index in [1.165, 1.54) is 18.4 Å². The third-order valence-electron chi connectivity index (χ3n) is 5.54. The highest BCUT2D eigenvalue weighted by Gasteiger charge is 2.14. The summed E-state index contributed by atoms with van der Waals surface area (Å²) < 4.78 is 2.16. The lowest BCUT2D eigenvalue weighted by molar-refractivity contribution is -0.112. The molecule has 31 heavy (non-hydrogen) atoms. The minimum atomic E-state index is -0.401. The minimum Gasteiger partial charge on any atom is -0.321 e. The number of aromatic nitrogens is 1. The van der Waals surface area contributed by atoms with Crippen LogP contribution in [0.3, 0.4) is 0 Å². The molecule has 2 aromatic carbocycles. The number of nitrogens with zero attached hydrogens (tertiary/aromatic N) is 2. The van der Waals surface area contributed by atoms with Crippen molar-refractivity contribution < 1.29 is 4.79 Å². The molecular formula is C27H29N3O. The number of amides is 1. The van der Waals surface area contributed by atoms with Crippen molar-refractivity contribution >= 4 is 17.7 Å². The molecule has 0 unspecified atom stereocenters. The number of hydrogen-bond donors (Lipinski definition) is 1. The highest BCUT2D eigenvalue weighted by molar-refractivity contribution is 6.10. The van der Waals surface area contributed by atoms with Gasteiger partial charge in [0.1, 0.15) is 11.6 Å². The lowest BCUT2D eigenvalue weighted by Crippen LogP contribution is -2.14. The third kappa shape index (κ3) is 5.13. The Balaban J connectivity index is 1.87. The van der Waals surface area contributed by atoms with Crippen LogP contribution in [0.1, 0.15) is 47.8 Å². The molecular weight excluding hydrogens is 382 g/mol. The predicted octanol–water partition coefficient (Wildman–Crippen LogP) is 6.29. The van der Waals surface area contributed by atoms with E-state index in [0.717, 1.165) is 34.6 Å². The summed E-state index contributed by atoms with van der Waals surface area (Å²) in [4.78, 5) is 12.7. The van der Waals surface area contributed by atoms with Gasteiger partial charge in [0.25, 0.3) is 5.91 Å². The molecule has 4 nitrogen and oxygen atoms in total. The van der Waals surface area contributed by atoms with Crippen LogP contribution in [0.4, 0.5) is 5.69 Å². The van der Waals surface area contributed by atoms with Crippen LogP contribution in [-0.2, 0) is 11.2 Å². The first-order valence-electron chi connectivity index (χ1n) is 10.7. The van der Waals surface area contributed by atoms with E-state index in [1.54, 1.807) is 6.08 Å². The van der Waals surface area contributed by atoms with Crippen LogP contribution in [-0.4, -0.2) is 10.5 Å². The van der Waals surface area contributed by atoms with E-state index in [0.29, 0.717) is 5.69 Å². The van der Waals surface area contributed by atoms with Gasteiger partial charge >= 0.3 is 0 Å². The van der Waals surface area contributed by atoms with Crippen molar-refractivity contribution in [1.82, 2.24) is 4.57 Å². The molecule has 0 bridgehead atoms. The van der Waals surface area contributed by atoms with Crippen LogP contribution in [0, 0.1) is 32.1 Å². The Bertz CT molecular complexity index is 1140. The molecule has 0 radical (unpaired) electrons. The smallest absolute Gasteiger partial charge is 0.266 e. The zero-order valence-electron chi connectivity index (χ0n) is 18.7. The van der Waals surface area contributed by atoms with E-state index in [9.17, 15) is 10.1 Å². The topological polar surface area (TPSA) is 57.8 Å². The Labute approximate surface area is 184 Å². The van der Waals surface area contributed by atoms with Crippen LogP contribution >= 0.6 is 0 Å². The van der Waals surface area contributed by atoms with Gasteiger partial charge in [0.2, 0.25) is 0 Å². The number of aryl methyl sites for hydroxylation is 3. The van der Waals surface area contributed by atoms with E-state index < -0.39 is 5.91 Å². The average molecular weight is 412 g/mol. The number of nitrogens with one attached hydrogen (secondary N) is 1. The van der Waals surface area contributed by atoms with Crippen molar-refractivity contribution in [2.24, 2.45) is 0 Å². The molecule has 1 aromatic heterocycles. The van der Waals surface area contributed by atoms with Crippen LogP contribution in [0.2, 0.25) is 0 Å². The quantitative estimate of drug-likeness (QED) is 0.367. The normalized spacial score (nSPS) is 11.3.